The van der Waals surface area contributed by atoms with Crippen molar-refractivity contribution in [2.45, 2.75) is 13.3 Å². The van der Waals surface area contributed by atoms with Crippen LogP contribution in [-0.2, 0) is 23.5 Å². The standard InChI is InChI=1S/C22H23FN2O4S/c1-14-11-18(29-3)8-9-19(14)22(26)21-10-7-17(25(21)2)12-15-5-6-16(13-20(15)23)24-30(4,27)28/h5-11,13,24H,12H2,1-4H3. The molecule has 1 heterocycles. The van der Waals surface area contributed by atoms with E-state index >= 15 is 0 Å². The molecule has 158 valence electrons. The van der Waals surface area contributed by atoms with Gasteiger partial charge in [0.2, 0.25) is 15.8 Å². The average molecular weight is 431 g/mol. The van der Waals surface area contributed by atoms with Crippen molar-refractivity contribution in [3.63, 3.8) is 0 Å². The molecule has 0 aliphatic carbocycles. The Bertz CT molecular complexity index is 1220. The van der Waals surface area contributed by atoms with Crippen LogP contribution in [0, 0.1) is 12.7 Å². The number of sulfonamides is 1. The molecule has 3 aromatic rings. The van der Waals surface area contributed by atoms with Crippen LogP contribution in [0.25, 0.3) is 0 Å². The lowest BCUT2D eigenvalue weighted by Crippen LogP contribution is -2.11. The predicted molar refractivity (Wildman–Crippen MR) is 114 cm³/mol. The van der Waals surface area contributed by atoms with Gasteiger partial charge in [-0.3, -0.25) is 9.52 Å². The van der Waals surface area contributed by atoms with E-state index in [1.54, 1.807) is 49.1 Å². The molecule has 0 spiro atoms. The fourth-order valence-corrected chi connectivity index (χ4v) is 3.83. The van der Waals surface area contributed by atoms with Crippen LogP contribution in [0.2, 0.25) is 0 Å². The van der Waals surface area contributed by atoms with Crippen molar-refractivity contribution in [3.8, 4) is 5.75 Å². The number of benzene rings is 2. The van der Waals surface area contributed by atoms with Gasteiger partial charge in [0.25, 0.3) is 0 Å². The molecule has 0 saturated heterocycles. The number of aromatic nitrogens is 1. The first-order valence-corrected chi connectivity index (χ1v) is 11.1. The van der Waals surface area contributed by atoms with Gasteiger partial charge in [-0.1, -0.05) is 6.07 Å². The Labute approximate surface area is 175 Å². The molecule has 0 saturated carbocycles. The highest BCUT2D eigenvalue weighted by Crippen LogP contribution is 2.23. The first-order valence-electron chi connectivity index (χ1n) is 9.19. The Balaban J connectivity index is 1.84. The Morgan fingerprint density at radius 2 is 1.87 bits per heavy atom. The van der Waals surface area contributed by atoms with Crippen LogP contribution < -0.4 is 9.46 Å². The highest BCUT2D eigenvalue weighted by Gasteiger charge is 2.18. The fraction of sp³-hybridized carbons (Fsp3) is 0.227. The highest BCUT2D eigenvalue weighted by atomic mass is 32.2. The summed E-state index contributed by atoms with van der Waals surface area (Å²) in [4.78, 5) is 13.0. The third-order valence-corrected chi connectivity index (χ3v) is 5.47. The second-order valence-corrected chi connectivity index (χ2v) is 8.88. The lowest BCUT2D eigenvalue weighted by Gasteiger charge is -2.11. The van der Waals surface area contributed by atoms with Gasteiger partial charge in [-0.25, -0.2) is 12.8 Å². The summed E-state index contributed by atoms with van der Waals surface area (Å²) in [5.74, 6) is 0.0294. The smallest absolute Gasteiger partial charge is 0.229 e. The van der Waals surface area contributed by atoms with Crippen LogP contribution >= 0.6 is 0 Å². The molecule has 0 bridgehead atoms. The van der Waals surface area contributed by atoms with Crippen LogP contribution in [0.15, 0.2) is 48.5 Å². The summed E-state index contributed by atoms with van der Waals surface area (Å²) >= 11 is 0. The molecule has 30 heavy (non-hydrogen) atoms. The molecule has 1 aromatic heterocycles. The molecule has 0 radical (unpaired) electrons. The van der Waals surface area contributed by atoms with Crippen LogP contribution in [0.1, 0.15) is 32.9 Å². The lowest BCUT2D eigenvalue weighted by molar-refractivity contribution is 0.103. The third kappa shape index (κ3) is 4.71. The zero-order chi connectivity index (χ0) is 22.1. The summed E-state index contributed by atoms with van der Waals surface area (Å²) in [6.07, 6.45) is 1.27. The van der Waals surface area contributed by atoms with Gasteiger partial charge >= 0.3 is 0 Å². The lowest BCUT2D eigenvalue weighted by atomic mass is 10.0. The molecule has 3 rings (SSSR count). The minimum absolute atomic E-state index is 0.128. The van der Waals surface area contributed by atoms with Gasteiger partial charge in [0.15, 0.2) is 0 Å². The molecule has 0 atom stereocenters. The number of rotatable bonds is 7. The summed E-state index contributed by atoms with van der Waals surface area (Å²) in [6, 6.07) is 13.0. The van der Waals surface area contributed by atoms with E-state index in [1.165, 1.54) is 12.1 Å². The van der Waals surface area contributed by atoms with Gasteiger partial charge in [-0.05, 0) is 60.5 Å². The predicted octanol–water partition coefficient (Wildman–Crippen LogP) is 3.67. The summed E-state index contributed by atoms with van der Waals surface area (Å²) in [6.45, 7) is 1.85. The largest absolute Gasteiger partial charge is 0.497 e. The zero-order valence-electron chi connectivity index (χ0n) is 17.2. The number of carbonyl (C=O) groups is 1. The Morgan fingerprint density at radius 1 is 1.13 bits per heavy atom. The van der Waals surface area contributed by atoms with Gasteiger partial charge in [-0.2, -0.15) is 0 Å². The Hall–Kier alpha value is -3.13. The Morgan fingerprint density at radius 3 is 2.47 bits per heavy atom. The third-order valence-electron chi connectivity index (χ3n) is 4.86. The molecule has 2 aromatic carbocycles. The minimum atomic E-state index is -3.48. The number of anilines is 1. The average Bonchev–Trinajstić information content (AvgIpc) is 3.02. The molecular formula is C22H23FN2O4S. The van der Waals surface area contributed by atoms with Crippen LogP contribution in [0.4, 0.5) is 10.1 Å². The Kier molecular flexibility index (Phi) is 5.98. The molecule has 0 aliphatic rings. The van der Waals surface area contributed by atoms with Crippen molar-refractivity contribution < 1.29 is 22.3 Å². The number of methoxy groups -OCH3 is 1. The second-order valence-electron chi connectivity index (χ2n) is 7.14. The van der Waals surface area contributed by atoms with Crippen LogP contribution in [0.5, 0.6) is 5.75 Å². The number of hydrogen-bond acceptors (Lipinski definition) is 4. The van der Waals surface area contributed by atoms with E-state index in [2.05, 4.69) is 4.72 Å². The first-order chi connectivity index (χ1) is 14.1. The number of nitrogens with zero attached hydrogens (tertiary/aromatic N) is 1. The van der Waals surface area contributed by atoms with E-state index in [0.717, 1.165) is 23.6 Å². The maximum Gasteiger partial charge on any atom is 0.229 e. The van der Waals surface area contributed by atoms with E-state index in [4.69, 9.17) is 4.74 Å². The van der Waals surface area contributed by atoms with Gasteiger partial charge in [0, 0.05) is 24.7 Å². The monoisotopic (exact) mass is 430 g/mol. The van der Waals surface area contributed by atoms with Crippen molar-refractivity contribution in [2.75, 3.05) is 18.1 Å². The van der Waals surface area contributed by atoms with Crippen LogP contribution in [-0.4, -0.2) is 32.1 Å². The minimum Gasteiger partial charge on any atom is -0.497 e. The zero-order valence-corrected chi connectivity index (χ0v) is 18.0. The van der Waals surface area contributed by atoms with Crippen LogP contribution in [0.3, 0.4) is 0 Å². The number of halogens is 1. The van der Waals surface area contributed by atoms with Gasteiger partial charge in [0.05, 0.1) is 24.7 Å². The summed E-state index contributed by atoms with van der Waals surface area (Å²) in [5.41, 5.74) is 3.20. The SMILES string of the molecule is COc1ccc(C(=O)c2ccc(Cc3ccc(NS(C)(=O)=O)cc3F)n2C)c(C)c1. The maximum atomic E-state index is 14.5. The van der Waals surface area contributed by atoms with E-state index in [1.807, 2.05) is 6.92 Å². The number of nitrogens with one attached hydrogen (secondary N) is 1. The van der Waals surface area contributed by atoms with Crippen molar-refractivity contribution in [1.82, 2.24) is 4.57 Å². The number of ketones is 1. The second kappa shape index (κ2) is 8.31. The quantitative estimate of drug-likeness (QED) is 0.580. The normalized spacial score (nSPS) is 11.4. The number of carbonyl (C=O) groups excluding carboxylic acids is 1. The summed E-state index contributed by atoms with van der Waals surface area (Å²) in [5, 5.41) is 0. The first kappa shape index (κ1) is 21.6. The van der Waals surface area contributed by atoms with E-state index < -0.39 is 15.8 Å². The molecule has 0 amide bonds. The highest BCUT2D eigenvalue weighted by molar-refractivity contribution is 7.92. The molecule has 0 fully saturated rings. The van der Waals surface area contributed by atoms with Crippen molar-refractivity contribution >= 4 is 21.5 Å². The molecule has 0 unspecified atom stereocenters. The summed E-state index contributed by atoms with van der Waals surface area (Å²) in [7, 11) is -0.144. The van der Waals surface area contributed by atoms with E-state index in [0.29, 0.717) is 22.6 Å². The molecular weight excluding hydrogens is 407 g/mol. The van der Waals surface area contributed by atoms with Crippen molar-refractivity contribution in [3.05, 3.63) is 82.4 Å². The molecule has 6 nitrogen and oxygen atoms in total. The fourth-order valence-electron chi connectivity index (χ4n) is 3.28. The molecule has 1 N–H and O–H groups in total. The van der Waals surface area contributed by atoms with Gasteiger partial charge < -0.3 is 9.30 Å². The maximum absolute atomic E-state index is 14.5. The topological polar surface area (TPSA) is 77.4 Å². The molecule has 8 heteroatoms. The van der Waals surface area contributed by atoms with Crippen molar-refractivity contribution in [1.29, 1.82) is 0 Å². The van der Waals surface area contributed by atoms with Gasteiger partial charge in [-0.15, -0.1) is 0 Å². The molecule has 0 aliphatic heterocycles. The number of aryl methyl sites for hydroxylation is 1. The number of hydrogen-bond donors (Lipinski definition) is 1. The van der Waals surface area contributed by atoms with E-state index in [9.17, 15) is 17.6 Å². The van der Waals surface area contributed by atoms with Crippen molar-refractivity contribution in [2.24, 2.45) is 7.05 Å². The van der Waals surface area contributed by atoms with Gasteiger partial charge in [0.1, 0.15) is 11.6 Å². The van der Waals surface area contributed by atoms with E-state index in [-0.39, 0.29) is 17.9 Å². The summed E-state index contributed by atoms with van der Waals surface area (Å²) < 4.78 is 46.3. The number of ether oxygens (including phenoxy) is 1.